The van der Waals surface area contributed by atoms with Crippen LogP contribution in [0.5, 0.6) is 0 Å². The summed E-state index contributed by atoms with van der Waals surface area (Å²) < 4.78 is 0. The maximum absolute atomic E-state index is 3.76. The summed E-state index contributed by atoms with van der Waals surface area (Å²) in [6.07, 6.45) is 4.06. The normalized spacial score (nSPS) is 11.4. The molecule has 1 aromatic carbocycles. The van der Waals surface area contributed by atoms with E-state index in [0.29, 0.717) is 5.41 Å². The molecule has 0 saturated heterocycles. The summed E-state index contributed by atoms with van der Waals surface area (Å²) in [5.74, 6) is 0. The molecule has 0 aliphatic carbocycles. The highest BCUT2D eigenvalue weighted by atomic mass is 14.2. The third kappa shape index (κ3) is 3.78. The minimum absolute atomic E-state index is 0.368. The molecule has 1 rings (SSSR count). The highest BCUT2D eigenvalue weighted by Crippen LogP contribution is 2.21. The van der Waals surface area contributed by atoms with Crippen molar-refractivity contribution in [3.63, 3.8) is 0 Å². The van der Waals surface area contributed by atoms with Crippen molar-refractivity contribution in [2.24, 2.45) is 5.41 Å². The maximum Gasteiger partial charge on any atom is -0.0100 e. The molecule has 0 aromatic heterocycles. The van der Waals surface area contributed by atoms with E-state index in [1.54, 1.807) is 0 Å². The summed E-state index contributed by atoms with van der Waals surface area (Å²) in [7, 11) is 0. The first-order valence-electron chi connectivity index (χ1n) is 5.20. The van der Waals surface area contributed by atoms with Crippen molar-refractivity contribution in [1.29, 1.82) is 0 Å². The molecule has 0 nitrogen and oxygen atoms in total. The predicted molar refractivity (Wildman–Crippen MR) is 63.5 cm³/mol. The average molecular weight is 188 g/mol. The summed E-state index contributed by atoms with van der Waals surface area (Å²) in [4.78, 5) is 0. The summed E-state index contributed by atoms with van der Waals surface area (Å²) in [5.41, 5.74) is 3.16. The molecule has 0 heterocycles. The van der Waals surface area contributed by atoms with Gasteiger partial charge in [-0.05, 0) is 29.4 Å². The van der Waals surface area contributed by atoms with Crippen LogP contribution in [0.4, 0.5) is 0 Å². The van der Waals surface area contributed by atoms with Crippen molar-refractivity contribution >= 4 is 0 Å². The second-order valence-corrected chi connectivity index (χ2v) is 5.05. The molecule has 76 valence electrons. The van der Waals surface area contributed by atoms with Crippen molar-refractivity contribution in [1.82, 2.24) is 0 Å². The van der Waals surface area contributed by atoms with E-state index in [0.717, 1.165) is 12.8 Å². The molecule has 14 heavy (non-hydrogen) atoms. The van der Waals surface area contributed by atoms with Gasteiger partial charge in [-0.3, -0.25) is 0 Å². The predicted octanol–water partition coefficient (Wildman–Crippen LogP) is 4.00. The topological polar surface area (TPSA) is 0 Å². The Kier molecular flexibility index (Phi) is 3.51. The van der Waals surface area contributed by atoms with Gasteiger partial charge in [0, 0.05) is 0 Å². The number of rotatable bonds is 3. The molecular weight excluding hydrogens is 168 g/mol. The first-order chi connectivity index (χ1) is 6.51. The van der Waals surface area contributed by atoms with Crippen molar-refractivity contribution < 1.29 is 0 Å². The van der Waals surface area contributed by atoms with Crippen LogP contribution in [0.2, 0.25) is 0 Å². The highest BCUT2D eigenvalue weighted by Gasteiger charge is 2.10. The molecule has 0 amide bonds. The van der Waals surface area contributed by atoms with Gasteiger partial charge in [-0.25, -0.2) is 0 Å². The summed E-state index contributed by atoms with van der Waals surface area (Å²) in [6.45, 7) is 10.6. The Morgan fingerprint density at radius 2 is 1.86 bits per heavy atom. The summed E-state index contributed by atoms with van der Waals surface area (Å²) >= 11 is 0. The Balaban J connectivity index is 2.78. The third-order valence-corrected chi connectivity index (χ3v) is 2.11. The first-order valence-corrected chi connectivity index (χ1v) is 5.20. The zero-order valence-electron chi connectivity index (χ0n) is 9.51. The lowest BCUT2D eigenvalue weighted by Gasteiger charge is -2.18. The van der Waals surface area contributed by atoms with E-state index in [9.17, 15) is 0 Å². The summed E-state index contributed by atoms with van der Waals surface area (Å²) in [6, 6.07) is 8.79. The first kappa shape index (κ1) is 11.0. The van der Waals surface area contributed by atoms with E-state index in [-0.39, 0.29) is 0 Å². The number of allylic oxidation sites excluding steroid dienone is 1. The minimum Gasteiger partial charge on any atom is -0.103 e. The van der Waals surface area contributed by atoms with Gasteiger partial charge in [-0.15, -0.1) is 6.58 Å². The van der Waals surface area contributed by atoms with Crippen molar-refractivity contribution in [2.75, 3.05) is 0 Å². The van der Waals surface area contributed by atoms with E-state index < -0.39 is 0 Å². The lowest BCUT2D eigenvalue weighted by molar-refractivity contribution is 0.411. The van der Waals surface area contributed by atoms with E-state index in [4.69, 9.17) is 0 Å². The monoisotopic (exact) mass is 188 g/mol. The Hall–Kier alpha value is -1.04. The van der Waals surface area contributed by atoms with Gasteiger partial charge < -0.3 is 0 Å². The van der Waals surface area contributed by atoms with E-state index in [1.807, 2.05) is 6.08 Å². The lowest BCUT2D eigenvalue weighted by atomic mass is 9.87. The standard InChI is InChI=1S/C14H20/c1-5-7-12-8-6-9-13(10-12)11-14(2,3)4/h5-6,8-10H,1,7,11H2,2-4H3. The molecule has 0 aliphatic heterocycles. The second-order valence-electron chi connectivity index (χ2n) is 5.05. The largest absolute Gasteiger partial charge is 0.103 e. The quantitative estimate of drug-likeness (QED) is 0.629. The van der Waals surface area contributed by atoms with Crippen LogP contribution in [-0.4, -0.2) is 0 Å². The van der Waals surface area contributed by atoms with Gasteiger partial charge in [0.25, 0.3) is 0 Å². The van der Waals surface area contributed by atoms with Gasteiger partial charge in [0.15, 0.2) is 0 Å². The molecule has 0 unspecified atom stereocenters. The number of hydrogen-bond donors (Lipinski definition) is 0. The molecular formula is C14H20. The van der Waals surface area contributed by atoms with Gasteiger partial charge in [0.05, 0.1) is 0 Å². The van der Waals surface area contributed by atoms with Crippen LogP contribution in [0.3, 0.4) is 0 Å². The van der Waals surface area contributed by atoms with Crippen LogP contribution >= 0.6 is 0 Å². The van der Waals surface area contributed by atoms with Crippen LogP contribution in [0.25, 0.3) is 0 Å². The molecule has 0 heteroatoms. The SMILES string of the molecule is C=CCc1cccc(CC(C)(C)C)c1. The number of hydrogen-bond acceptors (Lipinski definition) is 0. The van der Waals surface area contributed by atoms with Gasteiger partial charge in [0.1, 0.15) is 0 Å². The second kappa shape index (κ2) is 4.45. The molecule has 0 N–H and O–H groups in total. The molecule has 0 saturated carbocycles. The van der Waals surface area contributed by atoms with Gasteiger partial charge in [0.2, 0.25) is 0 Å². The Morgan fingerprint density at radius 1 is 1.21 bits per heavy atom. The molecule has 0 fully saturated rings. The summed E-state index contributed by atoms with van der Waals surface area (Å²) in [5, 5.41) is 0. The molecule has 0 atom stereocenters. The van der Waals surface area contributed by atoms with E-state index >= 15 is 0 Å². The average Bonchev–Trinajstić information content (AvgIpc) is 2.02. The lowest BCUT2D eigenvalue weighted by Crippen LogP contribution is -2.09. The van der Waals surface area contributed by atoms with E-state index in [1.165, 1.54) is 11.1 Å². The van der Waals surface area contributed by atoms with Crippen LogP contribution in [0.1, 0.15) is 31.9 Å². The van der Waals surface area contributed by atoms with Gasteiger partial charge in [-0.2, -0.15) is 0 Å². The minimum atomic E-state index is 0.368. The number of benzene rings is 1. The van der Waals surface area contributed by atoms with Crippen molar-refractivity contribution in [3.8, 4) is 0 Å². The smallest absolute Gasteiger partial charge is 0.0100 e. The molecule has 0 aliphatic rings. The van der Waals surface area contributed by atoms with Crippen LogP contribution in [-0.2, 0) is 12.8 Å². The Morgan fingerprint density at radius 3 is 2.43 bits per heavy atom. The fraction of sp³-hybridized carbons (Fsp3) is 0.429. The molecule has 0 radical (unpaired) electrons. The van der Waals surface area contributed by atoms with Crippen LogP contribution in [0.15, 0.2) is 36.9 Å². The third-order valence-electron chi connectivity index (χ3n) is 2.11. The fourth-order valence-electron chi connectivity index (χ4n) is 1.65. The zero-order valence-corrected chi connectivity index (χ0v) is 9.51. The molecule has 1 aromatic rings. The van der Waals surface area contributed by atoms with Crippen LogP contribution in [0, 0.1) is 5.41 Å². The van der Waals surface area contributed by atoms with Crippen molar-refractivity contribution in [2.45, 2.75) is 33.6 Å². The fourth-order valence-corrected chi connectivity index (χ4v) is 1.65. The zero-order chi connectivity index (χ0) is 10.6. The van der Waals surface area contributed by atoms with Crippen molar-refractivity contribution in [3.05, 3.63) is 48.0 Å². The van der Waals surface area contributed by atoms with Crippen LogP contribution < -0.4 is 0 Å². The molecule has 0 spiro atoms. The maximum atomic E-state index is 3.76. The van der Waals surface area contributed by atoms with Gasteiger partial charge in [-0.1, -0.05) is 51.1 Å². The molecule has 0 bridgehead atoms. The Bertz CT molecular complexity index is 302. The van der Waals surface area contributed by atoms with E-state index in [2.05, 4.69) is 51.6 Å². The highest BCUT2D eigenvalue weighted by molar-refractivity contribution is 5.25. The van der Waals surface area contributed by atoms with Gasteiger partial charge >= 0.3 is 0 Å². The Labute approximate surface area is 87.7 Å².